The molecular formula is C22H21F3N4S2. The summed E-state index contributed by atoms with van der Waals surface area (Å²) in [5, 5.41) is 3.22. The van der Waals surface area contributed by atoms with Crippen LogP contribution in [0.5, 0.6) is 0 Å². The van der Waals surface area contributed by atoms with Crippen LogP contribution < -0.4 is 5.32 Å². The van der Waals surface area contributed by atoms with Crippen molar-refractivity contribution in [3.63, 3.8) is 0 Å². The molecule has 1 saturated heterocycles. The number of nitrogens with zero attached hydrogens (tertiary/aromatic N) is 3. The normalized spacial score (nSPS) is 20.0. The average molecular weight is 463 g/mol. The van der Waals surface area contributed by atoms with Crippen LogP contribution in [0.25, 0.3) is 20.4 Å². The molecule has 5 rings (SSSR count). The number of likely N-dealkylation sites (N-methyl/N-ethyl adjacent to an activating group) is 1. The van der Waals surface area contributed by atoms with Gasteiger partial charge in [0, 0.05) is 22.2 Å². The zero-order valence-electron chi connectivity index (χ0n) is 17.1. The molecule has 3 aromatic heterocycles. The molecule has 162 valence electrons. The third kappa shape index (κ3) is 3.48. The minimum Gasteiger partial charge on any atom is -0.348 e. The summed E-state index contributed by atoms with van der Waals surface area (Å²) >= 11 is 2.68. The van der Waals surface area contributed by atoms with Crippen molar-refractivity contribution in [3.05, 3.63) is 46.2 Å². The Morgan fingerprint density at radius 2 is 2.00 bits per heavy atom. The molecule has 1 aliphatic rings. The number of aromatic nitrogens is 2. The Bertz CT molecular complexity index is 1270. The molecule has 1 N–H and O–H groups in total. The molecule has 0 bridgehead atoms. The van der Waals surface area contributed by atoms with Crippen molar-refractivity contribution < 1.29 is 13.2 Å². The van der Waals surface area contributed by atoms with Gasteiger partial charge < -0.3 is 10.2 Å². The molecular weight excluding hydrogens is 441 g/mol. The van der Waals surface area contributed by atoms with Crippen molar-refractivity contribution in [2.75, 3.05) is 18.4 Å². The van der Waals surface area contributed by atoms with E-state index in [1.165, 1.54) is 22.9 Å². The van der Waals surface area contributed by atoms with Crippen LogP contribution in [0.4, 0.5) is 24.5 Å². The number of hydrogen-bond donors (Lipinski definition) is 1. The van der Waals surface area contributed by atoms with E-state index in [4.69, 9.17) is 0 Å². The maximum absolute atomic E-state index is 14.9. The van der Waals surface area contributed by atoms with Crippen molar-refractivity contribution in [1.29, 1.82) is 0 Å². The summed E-state index contributed by atoms with van der Waals surface area (Å²) in [7, 11) is 0. The summed E-state index contributed by atoms with van der Waals surface area (Å²) in [6.45, 7) is 6.44. The number of thiophene rings is 1. The first-order valence-corrected chi connectivity index (χ1v) is 12.0. The molecule has 4 heterocycles. The number of anilines is 2. The lowest BCUT2D eigenvalue weighted by Gasteiger charge is -2.38. The summed E-state index contributed by atoms with van der Waals surface area (Å²) in [5.41, 5.74) is 1.16. The van der Waals surface area contributed by atoms with Gasteiger partial charge in [-0.2, -0.15) is 0 Å². The number of hydrogen-bond acceptors (Lipinski definition) is 6. The summed E-state index contributed by atoms with van der Waals surface area (Å²) in [6.07, 6.45) is 3.26. The quantitative estimate of drug-likeness (QED) is 0.368. The topological polar surface area (TPSA) is 41.0 Å². The lowest BCUT2D eigenvalue weighted by Crippen LogP contribution is -2.41. The zero-order chi connectivity index (χ0) is 21.7. The van der Waals surface area contributed by atoms with Crippen LogP contribution in [0.15, 0.2) is 23.8 Å². The lowest BCUT2D eigenvalue weighted by atomic mass is 9.89. The molecule has 31 heavy (non-hydrogen) atoms. The molecule has 4 aromatic rings. The van der Waals surface area contributed by atoms with E-state index in [1.54, 1.807) is 0 Å². The molecule has 0 spiro atoms. The van der Waals surface area contributed by atoms with Gasteiger partial charge in [-0.3, -0.25) is 0 Å². The molecule has 4 nitrogen and oxygen atoms in total. The van der Waals surface area contributed by atoms with E-state index in [-0.39, 0.29) is 11.2 Å². The van der Waals surface area contributed by atoms with Crippen LogP contribution in [0, 0.1) is 17.5 Å². The van der Waals surface area contributed by atoms with Gasteiger partial charge in [0.15, 0.2) is 17.5 Å². The average Bonchev–Trinajstić information content (AvgIpc) is 3.39. The second-order valence-corrected chi connectivity index (χ2v) is 9.79. The van der Waals surface area contributed by atoms with Gasteiger partial charge in [0.2, 0.25) is 0 Å². The van der Waals surface area contributed by atoms with Crippen molar-refractivity contribution in [2.24, 2.45) is 0 Å². The van der Waals surface area contributed by atoms with E-state index in [0.717, 1.165) is 48.3 Å². The molecule has 1 aliphatic heterocycles. The van der Waals surface area contributed by atoms with Crippen molar-refractivity contribution in [3.8, 4) is 0 Å². The maximum atomic E-state index is 14.9. The summed E-state index contributed by atoms with van der Waals surface area (Å²) in [4.78, 5) is 12.4. The number of thiazole rings is 1. The van der Waals surface area contributed by atoms with Crippen molar-refractivity contribution >= 4 is 54.5 Å². The Morgan fingerprint density at radius 3 is 2.81 bits per heavy atom. The van der Waals surface area contributed by atoms with Gasteiger partial charge >= 0.3 is 0 Å². The Kier molecular flexibility index (Phi) is 5.35. The van der Waals surface area contributed by atoms with Crippen molar-refractivity contribution in [1.82, 2.24) is 14.9 Å². The molecule has 0 radical (unpaired) electrons. The van der Waals surface area contributed by atoms with Crippen LogP contribution in [-0.4, -0.2) is 34.0 Å². The van der Waals surface area contributed by atoms with E-state index in [2.05, 4.69) is 34.0 Å². The van der Waals surface area contributed by atoms with Crippen LogP contribution in [0.2, 0.25) is 0 Å². The van der Waals surface area contributed by atoms with Gasteiger partial charge in [-0.05, 0) is 45.0 Å². The minimum absolute atomic E-state index is 0.0377. The summed E-state index contributed by atoms with van der Waals surface area (Å²) < 4.78 is 44.7. The van der Waals surface area contributed by atoms with E-state index in [9.17, 15) is 13.2 Å². The lowest BCUT2D eigenvalue weighted by molar-refractivity contribution is 0.148. The molecule has 2 atom stereocenters. The number of nitrogens with one attached hydrogen (secondary N) is 1. The van der Waals surface area contributed by atoms with Gasteiger partial charge in [-0.1, -0.05) is 6.92 Å². The molecule has 9 heteroatoms. The molecule has 1 fully saturated rings. The maximum Gasteiger partial charge on any atom is 0.176 e. The fraction of sp³-hybridized carbons (Fsp3) is 0.364. The monoisotopic (exact) mass is 462 g/mol. The highest BCUT2D eigenvalue weighted by Crippen LogP contribution is 2.42. The number of fused-ring (bicyclic) bond motifs is 2. The number of benzene rings is 1. The van der Waals surface area contributed by atoms with Gasteiger partial charge in [0.05, 0.1) is 22.1 Å². The smallest absolute Gasteiger partial charge is 0.176 e. The summed E-state index contributed by atoms with van der Waals surface area (Å²) in [5.74, 6) is -1.94. The third-order valence-corrected chi connectivity index (χ3v) is 8.15. The highest BCUT2D eigenvalue weighted by atomic mass is 32.1. The Balaban J connectivity index is 1.58. The Morgan fingerprint density at radius 1 is 1.16 bits per heavy atom. The molecule has 1 aromatic carbocycles. The largest absolute Gasteiger partial charge is 0.348 e. The SMILES string of the molecule is CCN1CCC[C@@H](c2cc3c(Nc4c(F)cc5scnc5c4F)c(F)cnc3s2)[C@H]1C. The number of pyridine rings is 1. The minimum atomic E-state index is -0.824. The number of halogens is 3. The van der Waals surface area contributed by atoms with Crippen molar-refractivity contribution in [2.45, 2.75) is 38.6 Å². The third-order valence-electron chi connectivity index (χ3n) is 6.19. The first-order valence-electron chi connectivity index (χ1n) is 10.3. The van der Waals surface area contributed by atoms with Crippen LogP contribution >= 0.6 is 22.7 Å². The van der Waals surface area contributed by atoms with Gasteiger partial charge in [-0.25, -0.2) is 23.1 Å². The standard InChI is InChI=1S/C22H21F3N4S2/c1-3-29-6-4-5-12(11(29)2)16-7-13-19(15(24)9-26-22(13)31-16)28-20-14(23)8-17-21(18(20)25)27-10-30-17/h7-12H,3-6H2,1-2H3,(H,26,28)/t11-,12-/m1/s1. The van der Waals surface area contributed by atoms with E-state index in [0.29, 0.717) is 26.9 Å². The van der Waals surface area contributed by atoms with Crippen LogP contribution in [-0.2, 0) is 0 Å². The number of piperidine rings is 1. The predicted molar refractivity (Wildman–Crippen MR) is 121 cm³/mol. The molecule has 0 unspecified atom stereocenters. The van der Waals surface area contributed by atoms with Crippen LogP contribution in [0.1, 0.15) is 37.5 Å². The van der Waals surface area contributed by atoms with Crippen LogP contribution in [0.3, 0.4) is 0 Å². The molecule has 0 amide bonds. The number of likely N-dealkylation sites (tertiary alicyclic amines) is 1. The zero-order valence-corrected chi connectivity index (χ0v) is 18.7. The molecule has 0 aliphatic carbocycles. The van der Waals surface area contributed by atoms with E-state index >= 15 is 0 Å². The second kappa shape index (κ2) is 8.03. The second-order valence-electron chi connectivity index (χ2n) is 7.84. The number of rotatable bonds is 4. The highest BCUT2D eigenvalue weighted by Gasteiger charge is 2.30. The fourth-order valence-corrected chi connectivity index (χ4v) is 6.45. The Hall–Kier alpha value is -2.23. The first kappa shape index (κ1) is 20.7. The van der Waals surface area contributed by atoms with E-state index in [1.807, 2.05) is 6.07 Å². The van der Waals surface area contributed by atoms with Gasteiger partial charge in [0.1, 0.15) is 16.0 Å². The first-order chi connectivity index (χ1) is 15.0. The molecule has 0 saturated carbocycles. The summed E-state index contributed by atoms with van der Waals surface area (Å²) in [6, 6.07) is 3.52. The highest BCUT2D eigenvalue weighted by molar-refractivity contribution is 7.18. The van der Waals surface area contributed by atoms with Gasteiger partial charge in [0.25, 0.3) is 0 Å². The van der Waals surface area contributed by atoms with E-state index < -0.39 is 23.1 Å². The predicted octanol–water partition coefficient (Wildman–Crippen LogP) is 6.65. The Labute approximate surface area is 185 Å². The van der Waals surface area contributed by atoms with Gasteiger partial charge in [-0.15, -0.1) is 22.7 Å². The fourth-order valence-electron chi connectivity index (χ4n) is 4.51.